The lowest BCUT2D eigenvalue weighted by Gasteiger charge is -1.74. The molecule has 0 fully saturated rings. The molecule has 1 radical (unpaired) electrons. The van der Waals surface area contributed by atoms with Gasteiger partial charge in [-0.1, -0.05) is 6.92 Å². The molecule has 2 heteroatoms. The molecule has 2 N–H and O–H groups in total. The quantitative estimate of drug-likeness (QED) is 0.552. The van der Waals surface area contributed by atoms with Crippen molar-refractivity contribution in [3.8, 4) is 0 Å². The van der Waals surface area contributed by atoms with E-state index in [0.717, 1.165) is 13.0 Å². The average molecular weight is 118 g/mol. The van der Waals surface area contributed by atoms with Crippen molar-refractivity contribution < 1.29 is 5.11 Å². The summed E-state index contributed by atoms with van der Waals surface area (Å²) in [5, 5.41) is 9.53. The van der Waals surface area contributed by atoms with E-state index in [-0.39, 0.29) is 0 Å². The van der Waals surface area contributed by atoms with Gasteiger partial charge in [-0.25, -0.2) is 5.11 Å². The van der Waals surface area contributed by atoms with Crippen molar-refractivity contribution in [1.29, 1.82) is 0 Å². The lowest BCUT2D eigenvalue weighted by molar-refractivity contribution is 0.122. The third-order valence-electron chi connectivity index (χ3n) is 0.289. The van der Waals surface area contributed by atoms with Gasteiger partial charge in [0.1, 0.15) is 0 Å². The molecule has 0 saturated heterocycles. The summed E-state index contributed by atoms with van der Waals surface area (Å²) in [6.45, 7) is 6.10. The Kier molecular flexibility index (Phi) is 13.6. The highest BCUT2D eigenvalue weighted by Gasteiger charge is 1.73. The first-order chi connectivity index (χ1) is 3.65. The molecule has 0 aromatic heterocycles. The van der Waals surface area contributed by atoms with Crippen LogP contribution in [0.25, 0.3) is 0 Å². The largest absolute Gasteiger partial charge is 0.330 e. The van der Waals surface area contributed by atoms with E-state index in [4.69, 9.17) is 5.73 Å². The van der Waals surface area contributed by atoms with Gasteiger partial charge in [0.05, 0.1) is 6.10 Å². The van der Waals surface area contributed by atoms with E-state index in [9.17, 15) is 5.11 Å². The van der Waals surface area contributed by atoms with Gasteiger partial charge in [0.25, 0.3) is 0 Å². The van der Waals surface area contributed by atoms with Crippen molar-refractivity contribution in [1.82, 2.24) is 0 Å². The Labute approximate surface area is 51.7 Å². The molecule has 0 aliphatic carbocycles. The molecule has 0 atom stereocenters. The minimum atomic E-state index is -0.417. The molecule has 2 nitrogen and oxygen atoms in total. The van der Waals surface area contributed by atoms with Gasteiger partial charge in [-0.2, -0.15) is 0 Å². The summed E-state index contributed by atoms with van der Waals surface area (Å²) in [5.41, 5.74) is 5.03. The maximum absolute atomic E-state index is 9.53. The predicted molar refractivity (Wildman–Crippen MR) is 35.2 cm³/mol. The van der Waals surface area contributed by atoms with Gasteiger partial charge >= 0.3 is 0 Å². The molecule has 0 aromatic carbocycles. The van der Waals surface area contributed by atoms with Crippen LogP contribution in [0.4, 0.5) is 0 Å². The molecule has 51 valence electrons. The third-order valence-corrected chi connectivity index (χ3v) is 0.289. The molecule has 0 aliphatic rings. The predicted octanol–water partition coefficient (Wildman–Crippen LogP) is 1.18. The van der Waals surface area contributed by atoms with Crippen molar-refractivity contribution in [2.75, 3.05) is 6.54 Å². The fourth-order valence-electron chi connectivity index (χ4n) is 0. The van der Waals surface area contributed by atoms with E-state index in [1.54, 1.807) is 13.8 Å². The summed E-state index contributed by atoms with van der Waals surface area (Å²) < 4.78 is 0. The maximum Gasteiger partial charge on any atom is 0.0874 e. The van der Waals surface area contributed by atoms with Gasteiger partial charge in [0.2, 0.25) is 0 Å². The first-order valence-electron chi connectivity index (χ1n) is 3.01. The molecule has 0 unspecified atom stereocenters. The molecule has 0 rings (SSSR count). The van der Waals surface area contributed by atoms with Crippen LogP contribution in [0.1, 0.15) is 27.2 Å². The fourth-order valence-corrected chi connectivity index (χ4v) is 0. The zero-order chi connectivity index (χ0) is 6.99. The van der Waals surface area contributed by atoms with E-state index in [1.807, 2.05) is 0 Å². The second-order valence-electron chi connectivity index (χ2n) is 1.84. The Morgan fingerprint density at radius 3 is 1.62 bits per heavy atom. The second-order valence-corrected chi connectivity index (χ2v) is 1.84. The summed E-state index contributed by atoms with van der Waals surface area (Å²) >= 11 is 0. The summed E-state index contributed by atoms with van der Waals surface area (Å²) in [4.78, 5) is 0. The molecule has 0 aromatic rings. The highest BCUT2D eigenvalue weighted by molar-refractivity contribution is 4.20. The Hall–Kier alpha value is -0.0800. The van der Waals surface area contributed by atoms with Crippen LogP contribution in [-0.2, 0) is 5.11 Å². The van der Waals surface area contributed by atoms with E-state index < -0.39 is 6.10 Å². The molecular weight excluding hydrogens is 102 g/mol. The van der Waals surface area contributed by atoms with Gasteiger partial charge in [-0.3, -0.25) is 0 Å². The number of nitrogens with two attached hydrogens (primary N) is 1. The second kappa shape index (κ2) is 10.0. The van der Waals surface area contributed by atoms with Crippen molar-refractivity contribution in [3.63, 3.8) is 0 Å². The number of rotatable bonds is 1. The highest BCUT2D eigenvalue weighted by atomic mass is 16.3. The monoisotopic (exact) mass is 118 g/mol. The van der Waals surface area contributed by atoms with Crippen molar-refractivity contribution >= 4 is 0 Å². The van der Waals surface area contributed by atoms with Gasteiger partial charge < -0.3 is 5.73 Å². The molecule has 0 saturated carbocycles. The van der Waals surface area contributed by atoms with Crippen LogP contribution >= 0.6 is 0 Å². The van der Waals surface area contributed by atoms with E-state index >= 15 is 0 Å². The Morgan fingerprint density at radius 2 is 1.62 bits per heavy atom. The minimum Gasteiger partial charge on any atom is -0.330 e. The van der Waals surface area contributed by atoms with Crippen LogP contribution in [0.15, 0.2) is 0 Å². The number of hydrogen-bond acceptors (Lipinski definition) is 1. The molecular formula is C6H16NO. The van der Waals surface area contributed by atoms with Crippen LogP contribution in [0.2, 0.25) is 0 Å². The zero-order valence-corrected chi connectivity index (χ0v) is 5.98. The third kappa shape index (κ3) is 169. The maximum atomic E-state index is 9.53. The zero-order valence-electron chi connectivity index (χ0n) is 5.98. The van der Waals surface area contributed by atoms with Gasteiger partial charge in [0, 0.05) is 0 Å². The lowest BCUT2D eigenvalue weighted by Crippen LogP contribution is -1.93. The standard InChI is InChI=1S/C3H9N.C3H7O/c1-2-3-4;1-3(2)4/h2-4H2,1H3;3H,1-2H3. The normalized spacial score (nSPS) is 8.25. The number of hydrogen-bond donors (Lipinski definition) is 1. The van der Waals surface area contributed by atoms with Gasteiger partial charge in [-0.15, -0.1) is 0 Å². The first kappa shape index (κ1) is 10.8. The molecule has 0 amide bonds. The Balaban J connectivity index is 0. The van der Waals surface area contributed by atoms with Crippen LogP contribution in [0.3, 0.4) is 0 Å². The molecule has 0 heterocycles. The van der Waals surface area contributed by atoms with Crippen LogP contribution in [0.5, 0.6) is 0 Å². The van der Waals surface area contributed by atoms with E-state index in [0.29, 0.717) is 0 Å². The Morgan fingerprint density at radius 1 is 1.50 bits per heavy atom. The van der Waals surface area contributed by atoms with E-state index in [2.05, 4.69) is 6.92 Å². The minimum absolute atomic E-state index is 0.417. The van der Waals surface area contributed by atoms with Crippen LogP contribution < -0.4 is 5.73 Å². The lowest BCUT2D eigenvalue weighted by atomic mass is 10.5. The molecule has 0 aliphatic heterocycles. The van der Waals surface area contributed by atoms with Crippen LogP contribution in [-0.4, -0.2) is 12.6 Å². The van der Waals surface area contributed by atoms with Gasteiger partial charge in [-0.05, 0) is 26.8 Å². The van der Waals surface area contributed by atoms with Crippen molar-refractivity contribution in [2.45, 2.75) is 33.3 Å². The first-order valence-corrected chi connectivity index (χ1v) is 3.01. The fraction of sp³-hybridized carbons (Fsp3) is 1.00. The van der Waals surface area contributed by atoms with Crippen molar-refractivity contribution in [2.24, 2.45) is 5.73 Å². The molecule has 0 spiro atoms. The molecule has 0 bridgehead atoms. The van der Waals surface area contributed by atoms with Crippen molar-refractivity contribution in [3.05, 3.63) is 0 Å². The topological polar surface area (TPSA) is 45.9 Å². The van der Waals surface area contributed by atoms with E-state index in [1.165, 1.54) is 0 Å². The summed E-state index contributed by atoms with van der Waals surface area (Å²) in [5.74, 6) is 0. The summed E-state index contributed by atoms with van der Waals surface area (Å²) in [6, 6.07) is 0. The van der Waals surface area contributed by atoms with Crippen LogP contribution in [0, 0.1) is 0 Å². The van der Waals surface area contributed by atoms with Gasteiger partial charge in [0.15, 0.2) is 0 Å². The molecule has 8 heavy (non-hydrogen) atoms. The highest BCUT2D eigenvalue weighted by Crippen LogP contribution is 1.67. The SMILES string of the molecule is CC(C)[O].CCCN. The Bertz CT molecular complexity index is 25.0. The summed E-state index contributed by atoms with van der Waals surface area (Å²) in [7, 11) is 0. The average Bonchev–Trinajstić information content (AvgIpc) is 1.65. The smallest absolute Gasteiger partial charge is 0.0874 e. The summed E-state index contributed by atoms with van der Waals surface area (Å²) in [6.07, 6.45) is 0.681.